The van der Waals surface area contributed by atoms with E-state index in [4.69, 9.17) is 9.84 Å². The second-order valence-corrected chi connectivity index (χ2v) is 9.29. The lowest BCUT2D eigenvalue weighted by Gasteiger charge is -2.25. The predicted molar refractivity (Wildman–Crippen MR) is 131 cm³/mol. The highest BCUT2D eigenvalue weighted by Gasteiger charge is 2.29. The van der Waals surface area contributed by atoms with Gasteiger partial charge in [-0.3, -0.25) is 9.59 Å². The number of carboxylic acid groups (broad SMARTS) is 1. The van der Waals surface area contributed by atoms with Crippen LogP contribution in [0.15, 0.2) is 48.5 Å². The minimum atomic E-state index is -0.878. The Morgan fingerprint density at radius 2 is 1.62 bits per heavy atom. The molecule has 2 N–H and O–H groups in total. The molecule has 1 aliphatic rings. The zero-order valence-corrected chi connectivity index (χ0v) is 20.1. The first-order valence-corrected chi connectivity index (χ1v) is 11.8. The molecule has 0 aliphatic heterocycles. The minimum Gasteiger partial charge on any atom is -0.481 e. The van der Waals surface area contributed by atoms with E-state index in [1.165, 1.54) is 11.1 Å². The second kappa shape index (κ2) is 11.7. The molecule has 3 rings (SSSR count). The largest absolute Gasteiger partial charge is 0.481 e. The predicted octanol–water partition coefficient (Wildman–Crippen LogP) is 4.51. The summed E-state index contributed by atoms with van der Waals surface area (Å²) in [6.07, 6.45) is 0.485. The number of nitrogens with zero attached hydrogens (tertiary/aromatic N) is 1. The Labute approximate surface area is 201 Å². The number of ether oxygens (including phenoxy) is 1. The van der Waals surface area contributed by atoms with Crippen molar-refractivity contribution >= 4 is 18.0 Å². The summed E-state index contributed by atoms with van der Waals surface area (Å²) in [5.41, 5.74) is 4.63. The highest BCUT2D eigenvalue weighted by Crippen LogP contribution is 2.44. The first kappa shape index (κ1) is 25.3. The first-order chi connectivity index (χ1) is 16.3. The zero-order chi connectivity index (χ0) is 24.7. The maximum absolute atomic E-state index is 12.9. The number of carbonyl (C=O) groups is 3. The van der Waals surface area contributed by atoms with Crippen LogP contribution in [0.5, 0.6) is 0 Å². The van der Waals surface area contributed by atoms with Gasteiger partial charge >= 0.3 is 12.1 Å². The van der Waals surface area contributed by atoms with Crippen LogP contribution in [0.2, 0.25) is 0 Å². The van der Waals surface area contributed by atoms with Crippen LogP contribution >= 0.6 is 0 Å². The van der Waals surface area contributed by atoms with Crippen molar-refractivity contribution in [3.63, 3.8) is 0 Å². The monoisotopic (exact) mass is 466 g/mol. The van der Waals surface area contributed by atoms with Gasteiger partial charge in [-0.25, -0.2) is 4.79 Å². The average Bonchev–Trinajstić information content (AvgIpc) is 3.13. The van der Waals surface area contributed by atoms with Gasteiger partial charge in [0.25, 0.3) is 0 Å². The zero-order valence-electron chi connectivity index (χ0n) is 20.1. The lowest BCUT2D eigenvalue weighted by molar-refractivity contribution is -0.138. The van der Waals surface area contributed by atoms with E-state index in [1.54, 1.807) is 11.9 Å². The van der Waals surface area contributed by atoms with Gasteiger partial charge in [-0.1, -0.05) is 62.4 Å². The minimum absolute atomic E-state index is 0.0183. The number of fused-ring (bicyclic) bond motifs is 3. The highest BCUT2D eigenvalue weighted by atomic mass is 16.5. The van der Waals surface area contributed by atoms with Gasteiger partial charge in [-0.2, -0.15) is 0 Å². The third kappa shape index (κ3) is 6.37. The standard InChI is InChI=1S/C27H34N2O5/c1-18(2)15-19(26(32)29(3)14-8-13-25(30)31)16-28-27(33)34-17-24-22-11-6-4-9-20(22)21-10-5-7-12-23(21)24/h4-7,9-12,18-19,24H,8,13-17H2,1-3H3,(H,28,33)(H,30,31). The van der Waals surface area contributed by atoms with Gasteiger partial charge in [0.1, 0.15) is 6.61 Å². The molecule has 0 spiro atoms. The Kier molecular flexibility index (Phi) is 8.68. The molecule has 1 unspecified atom stereocenters. The van der Waals surface area contributed by atoms with Crippen molar-refractivity contribution in [2.24, 2.45) is 11.8 Å². The normalized spacial score (nSPS) is 13.2. The highest BCUT2D eigenvalue weighted by molar-refractivity contribution is 5.80. The molecule has 0 bridgehead atoms. The molecule has 0 heterocycles. The third-order valence-corrected chi connectivity index (χ3v) is 6.20. The van der Waals surface area contributed by atoms with E-state index in [1.807, 2.05) is 38.1 Å². The third-order valence-electron chi connectivity index (χ3n) is 6.20. The van der Waals surface area contributed by atoms with E-state index in [-0.39, 0.29) is 37.3 Å². The molecule has 7 heteroatoms. The molecule has 182 valence electrons. The number of rotatable bonds is 11. The van der Waals surface area contributed by atoms with E-state index in [2.05, 4.69) is 29.6 Å². The van der Waals surface area contributed by atoms with Gasteiger partial charge in [0.15, 0.2) is 0 Å². The van der Waals surface area contributed by atoms with Crippen LogP contribution in [0.4, 0.5) is 4.79 Å². The number of nitrogens with one attached hydrogen (secondary N) is 1. The molecule has 0 fully saturated rings. The summed E-state index contributed by atoms with van der Waals surface area (Å²) in [6, 6.07) is 16.3. The van der Waals surface area contributed by atoms with E-state index in [0.29, 0.717) is 19.4 Å². The number of carbonyl (C=O) groups excluding carboxylic acids is 2. The van der Waals surface area contributed by atoms with E-state index < -0.39 is 18.0 Å². The van der Waals surface area contributed by atoms with Crippen molar-refractivity contribution in [1.29, 1.82) is 0 Å². The molecule has 2 aromatic carbocycles. The number of amides is 2. The topological polar surface area (TPSA) is 95.9 Å². The summed E-state index contributed by atoms with van der Waals surface area (Å²) in [6.45, 7) is 4.81. The summed E-state index contributed by atoms with van der Waals surface area (Å²) in [4.78, 5) is 37.7. The number of hydrogen-bond donors (Lipinski definition) is 2. The molecule has 2 aromatic rings. The average molecular weight is 467 g/mol. The van der Waals surface area contributed by atoms with Crippen molar-refractivity contribution in [3.05, 3.63) is 59.7 Å². The lowest BCUT2D eigenvalue weighted by atomic mass is 9.95. The Balaban J connectivity index is 1.56. The van der Waals surface area contributed by atoms with Gasteiger partial charge in [0.2, 0.25) is 5.91 Å². The van der Waals surface area contributed by atoms with Crippen molar-refractivity contribution in [1.82, 2.24) is 10.2 Å². The number of benzene rings is 2. The Morgan fingerprint density at radius 1 is 1.03 bits per heavy atom. The summed E-state index contributed by atoms with van der Waals surface area (Å²) < 4.78 is 5.59. The molecule has 0 aromatic heterocycles. The summed E-state index contributed by atoms with van der Waals surface area (Å²) >= 11 is 0. The molecule has 2 amide bonds. The molecule has 34 heavy (non-hydrogen) atoms. The van der Waals surface area contributed by atoms with Gasteiger partial charge < -0.3 is 20.1 Å². The fourth-order valence-corrected chi connectivity index (χ4v) is 4.59. The van der Waals surface area contributed by atoms with E-state index in [9.17, 15) is 14.4 Å². The molecule has 0 radical (unpaired) electrons. The summed E-state index contributed by atoms with van der Waals surface area (Å²) in [5.74, 6) is -1.12. The number of aliphatic carboxylic acids is 1. The molecule has 1 atom stereocenters. The molecular formula is C27H34N2O5. The molecule has 0 saturated heterocycles. The maximum atomic E-state index is 12.9. The van der Waals surface area contributed by atoms with Crippen LogP contribution < -0.4 is 5.32 Å². The van der Waals surface area contributed by atoms with Crippen LogP contribution in [0.3, 0.4) is 0 Å². The first-order valence-electron chi connectivity index (χ1n) is 11.8. The fourth-order valence-electron chi connectivity index (χ4n) is 4.59. The quantitative estimate of drug-likeness (QED) is 0.508. The van der Waals surface area contributed by atoms with Gasteiger partial charge in [-0.15, -0.1) is 0 Å². The van der Waals surface area contributed by atoms with Crippen LogP contribution in [0, 0.1) is 11.8 Å². The van der Waals surface area contributed by atoms with E-state index in [0.717, 1.165) is 11.1 Å². The van der Waals surface area contributed by atoms with Gasteiger partial charge in [0.05, 0.1) is 5.92 Å². The molecule has 0 saturated carbocycles. The van der Waals surface area contributed by atoms with Crippen molar-refractivity contribution < 1.29 is 24.2 Å². The van der Waals surface area contributed by atoms with Crippen LogP contribution in [-0.2, 0) is 14.3 Å². The van der Waals surface area contributed by atoms with Gasteiger partial charge in [0, 0.05) is 32.5 Å². The maximum Gasteiger partial charge on any atom is 0.407 e. The Morgan fingerprint density at radius 3 is 2.18 bits per heavy atom. The van der Waals surface area contributed by atoms with Crippen LogP contribution in [0.25, 0.3) is 11.1 Å². The lowest BCUT2D eigenvalue weighted by Crippen LogP contribution is -2.41. The number of hydrogen-bond acceptors (Lipinski definition) is 4. The number of carboxylic acids is 1. The van der Waals surface area contributed by atoms with Gasteiger partial charge in [-0.05, 0) is 41.0 Å². The Bertz CT molecular complexity index is 974. The fraction of sp³-hybridized carbons (Fsp3) is 0.444. The summed E-state index contributed by atoms with van der Waals surface area (Å²) in [7, 11) is 1.67. The van der Waals surface area contributed by atoms with Crippen molar-refractivity contribution in [2.45, 2.75) is 39.0 Å². The molecule has 1 aliphatic carbocycles. The SMILES string of the molecule is CC(C)CC(CNC(=O)OCC1c2ccccc2-c2ccccc21)C(=O)N(C)CCCC(=O)O. The molecular weight excluding hydrogens is 432 g/mol. The van der Waals surface area contributed by atoms with Crippen molar-refractivity contribution in [2.75, 3.05) is 26.7 Å². The summed E-state index contributed by atoms with van der Waals surface area (Å²) in [5, 5.41) is 11.6. The smallest absolute Gasteiger partial charge is 0.407 e. The van der Waals surface area contributed by atoms with Crippen LogP contribution in [0.1, 0.15) is 50.2 Å². The van der Waals surface area contributed by atoms with E-state index >= 15 is 0 Å². The van der Waals surface area contributed by atoms with Crippen LogP contribution in [-0.4, -0.2) is 54.7 Å². The second-order valence-electron chi connectivity index (χ2n) is 9.29. The molecule has 7 nitrogen and oxygen atoms in total. The van der Waals surface area contributed by atoms with Crippen molar-refractivity contribution in [3.8, 4) is 11.1 Å². The Hall–Kier alpha value is -3.35. The number of alkyl carbamates (subject to hydrolysis) is 1.